The average molecular weight is 203 g/mol. The van der Waals surface area contributed by atoms with Crippen LogP contribution in [0.25, 0.3) is 11.4 Å². The van der Waals surface area contributed by atoms with E-state index in [-0.39, 0.29) is 17.1 Å². The molecule has 1 aromatic carbocycles. The molecule has 1 heterocycles. The van der Waals surface area contributed by atoms with E-state index in [0.29, 0.717) is 11.4 Å². The third-order valence-electron chi connectivity index (χ3n) is 1.90. The zero-order chi connectivity index (χ0) is 10.8. The highest BCUT2D eigenvalue weighted by Gasteiger charge is 2.01. The molecular formula is C10H9N3O2. The second kappa shape index (κ2) is 3.45. The molecule has 4 N–H and O–H groups in total. The van der Waals surface area contributed by atoms with Crippen LogP contribution in [0.4, 0.5) is 5.82 Å². The fourth-order valence-corrected chi connectivity index (χ4v) is 1.23. The number of anilines is 1. The summed E-state index contributed by atoms with van der Waals surface area (Å²) in [4.78, 5) is 17.7. The van der Waals surface area contributed by atoms with Gasteiger partial charge in [0, 0.05) is 11.6 Å². The number of nitrogens with one attached hydrogen (secondary N) is 1. The van der Waals surface area contributed by atoms with Crippen molar-refractivity contribution >= 4 is 5.82 Å². The van der Waals surface area contributed by atoms with Crippen molar-refractivity contribution in [1.82, 2.24) is 9.97 Å². The van der Waals surface area contributed by atoms with Crippen molar-refractivity contribution < 1.29 is 5.11 Å². The van der Waals surface area contributed by atoms with E-state index in [0.717, 1.165) is 0 Å². The molecule has 0 spiro atoms. The summed E-state index contributed by atoms with van der Waals surface area (Å²) in [6.45, 7) is 0. The third-order valence-corrected chi connectivity index (χ3v) is 1.90. The van der Waals surface area contributed by atoms with Gasteiger partial charge >= 0.3 is 0 Å². The van der Waals surface area contributed by atoms with Crippen LogP contribution in [0.15, 0.2) is 35.1 Å². The smallest absolute Gasteiger partial charge is 0.253 e. The molecule has 0 radical (unpaired) electrons. The predicted molar refractivity (Wildman–Crippen MR) is 56.4 cm³/mol. The first-order valence-corrected chi connectivity index (χ1v) is 4.31. The van der Waals surface area contributed by atoms with E-state index < -0.39 is 0 Å². The van der Waals surface area contributed by atoms with Crippen molar-refractivity contribution in [1.29, 1.82) is 0 Å². The van der Waals surface area contributed by atoms with Gasteiger partial charge in [0.05, 0.1) is 0 Å². The summed E-state index contributed by atoms with van der Waals surface area (Å²) in [5, 5.41) is 9.10. The maximum Gasteiger partial charge on any atom is 0.253 e. The van der Waals surface area contributed by atoms with Crippen LogP contribution in [0.3, 0.4) is 0 Å². The van der Waals surface area contributed by atoms with Crippen molar-refractivity contribution in [3.8, 4) is 17.1 Å². The molecule has 0 atom stereocenters. The standard InChI is InChI=1S/C10H9N3O2/c11-8-5-9(15)13-10(12-8)6-1-3-7(14)4-2-6/h1-5,14H,(H3,11,12,13,15). The lowest BCUT2D eigenvalue weighted by atomic mass is 10.2. The molecule has 0 saturated carbocycles. The topological polar surface area (TPSA) is 92.0 Å². The maximum absolute atomic E-state index is 11.1. The summed E-state index contributed by atoms with van der Waals surface area (Å²) < 4.78 is 0. The van der Waals surface area contributed by atoms with E-state index in [2.05, 4.69) is 9.97 Å². The van der Waals surface area contributed by atoms with Gasteiger partial charge in [-0.2, -0.15) is 0 Å². The second-order valence-electron chi connectivity index (χ2n) is 3.07. The van der Waals surface area contributed by atoms with Crippen LogP contribution in [0.1, 0.15) is 0 Å². The number of phenols is 1. The number of aromatic amines is 1. The van der Waals surface area contributed by atoms with Crippen LogP contribution in [0.2, 0.25) is 0 Å². The second-order valence-corrected chi connectivity index (χ2v) is 3.07. The number of aromatic nitrogens is 2. The van der Waals surface area contributed by atoms with Gasteiger partial charge in [0.1, 0.15) is 17.4 Å². The molecule has 15 heavy (non-hydrogen) atoms. The van der Waals surface area contributed by atoms with Gasteiger partial charge in [-0.05, 0) is 24.3 Å². The molecule has 0 unspecified atom stereocenters. The molecule has 5 nitrogen and oxygen atoms in total. The molecule has 2 rings (SSSR count). The highest BCUT2D eigenvalue weighted by atomic mass is 16.3. The SMILES string of the molecule is Nc1cc(=O)[nH]c(-c2ccc(O)cc2)n1. The van der Waals surface area contributed by atoms with Crippen molar-refractivity contribution in [2.45, 2.75) is 0 Å². The molecule has 0 aliphatic carbocycles. The molecule has 0 aliphatic heterocycles. The predicted octanol–water partition coefficient (Wildman–Crippen LogP) is 0.725. The number of nitrogens with zero attached hydrogens (tertiary/aromatic N) is 1. The fourth-order valence-electron chi connectivity index (χ4n) is 1.23. The Hall–Kier alpha value is -2.30. The van der Waals surface area contributed by atoms with E-state index in [1.165, 1.54) is 18.2 Å². The highest BCUT2D eigenvalue weighted by Crippen LogP contribution is 2.17. The van der Waals surface area contributed by atoms with Gasteiger partial charge in [0.25, 0.3) is 5.56 Å². The molecule has 1 aromatic heterocycles. The Morgan fingerprint density at radius 1 is 1.27 bits per heavy atom. The number of aromatic hydroxyl groups is 1. The normalized spacial score (nSPS) is 10.1. The van der Waals surface area contributed by atoms with Gasteiger partial charge in [-0.15, -0.1) is 0 Å². The Bertz CT molecular complexity index is 531. The minimum absolute atomic E-state index is 0.157. The van der Waals surface area contributed by atoms with Crippen molar-refractivity contribution in [2.24, 2.45) is 0 Å². The van der Waals surface area contributed by atoms with Crippen LogP contribution in [0.5, 0.6) is 5.75 Å². The van der Waals surface area contributed by atoms with E-state index in [1.54, 1.807) is 12.1 Å². The number of H-pyrrole nitrogens is 1. The van der Waals surface area contributed by atoms with E-state index >= 15 is 0 Å². The minimum Gasteiger partial charge on any atom is -0.508 e. The fraction of sp³-hybridized carbons (Fsp3) is 0. The van der Waals surface area contributed by atoms with Crippen LogP contribution in [-0.2, 0) is 0 Å². The monoisotopic (exact) mass is 203 g/mol. The number of nitrogen functional groups attached to an aromatic ring is 1. The summed E-state index contributed by atoms with van der Waals surface area (Å²) >= 11 is 0. The molecule has 0 aliphatic rings. The van der Waals surface area contributed by atoms with E-state index in [4.69, 9.17) is 10.8 Å². The zero-order valence-corrected chi connectivity index (χ0v) is 7.77. The molecule has 2 aromatic rings. The van der Waals surface area contributed by atoms with Crippen LogP contribution < -0.4 is 11.3 Å². The van der Waals surface area contributed by atoms with Crippen LogP contribution in [0, 0.1) is 0 Å². The molecule has 0 bridgehead atoms. The van der Waals surface area contributed by atoms with Crippen LogP contribution >= 0.6 is 0 Å². The van der Waals surface area contributed by atoms with Gasteiger partial charge in [0.15, 0.2) is 0 Å². The lowest BCUT2D eigenvalue weighted by Gasteiger charge is -2.01. The number of phenolic OH excluding ortho intramolecular Hbond substituents is 1. The van der Waals surface area contributed by atoms with Gasteiger partial charge in [-0.25, -0.2) is 4.98 Å². The summed E-state index contributed by atoms with van der Waals surface area (Å²) in [6, 6.07) is 7.53. The highest BCUT2D eigenvalue weighted by molar-refractivity contribution is 5.57. The largest absolute Gasteiger partial charge is 0.508 e. The lowest BCUT2D eigenvalue weighted by Crippen LogP contribution is -2.09. The molecule has 0 amide bonds. The summed E-state index contributed by atoms with van der Waals surface area (Å²) in [5.74, 6) is 0.715. The summed E-state index contributed by atoms with van der Waals surface area (Å²) in [7, 11) is 0. The Morgan fingerprint density at radius 3 is 2.53 bits per heavy atom. The van der Waals surface area contributed by atoms with Crippen LogP contribution in [-0.4, -0.2) is 15.1 Å². The van der Waals surface area contributed by atoms with Gasteiger partial charge in [0.2, 0.25) is 0 Å². The minimum atomic E-state index is -0.300. The number of hydrogen-bond donors (Lipinski definition) is 3. The number of benzene rings is 1. The first-order valence-electron chi connectivity index (χ1n) is 4.31. The van der Waals surface area contributed by atoms with Gasteiger partial charge < -0.3 is 15.8 Å². The van der Waals surface area contributed by atoms with Crippen molar-refractivity contribution in [2.75, 3.05) is 5.73 Å². The first kappa shape index (κ1) is 9.26. The Balaban J connectivity index is 2.54. The first-order chi connectivity index (χ1) is 7.15. The number of hydrogen-bond acceptors (Lipinski definition) is 4. The average Bonchev–Trinajstić information content (AvgIpc) is 2.17. The Morgan fingerprint density at radius 2 is 1.93 bits per heavy atom. The molecule has 5 heteroatoms. The molecule has 0 saturated heterocycles. The Kier molecular flexibility index (Phi) is 2.13. The van der Waals surface area contributed by atoms with Crippen molar-refractivity contribution in [3.05, 3.63) is 40.7 Å². The van der Waals surface area contributed by atoms with E-state index in [1.807, 2.05) is 0 Å². The lowest BCUT2D eigenvalue weighted by molar-refractivity contribution is 0.475. The van der Waals surface area contributed by atoms with Gasteiger partial charge in [-0.1, -0.05) is 0 Å². The molecule has 0 fully saturated rings. The molecule has 76 valence electrons. The molecular weight excluding hydrogens is 194 g/mol. The maximum atomic E-state index is 11.1. The zero-order valence-electron chi connectivity index (χ0n) is 7.77. The van der Waals surface area contributed by atoms with E-state index in [9.17, 15) is 4.79 Å². The number of nitrogens with two attached hydrogens (primary N) is 1. The van der Waals surface area contributed by atoms with Gasteiger partial charge in [-0.3, -0.25) is 4.79 Å². The number of rotatable bonds is 1. The van der Waals surface area contributed by atoms with Crippen molar-refractivity contribution in [3.63, 3.8) is 0 Å². The Labute approximate surface area is 85.2 Å². The summed E-state index contributed by atoms with van der Waals surface area (Å²) in [6.07, 6.45) is 0. The quantitative estimate of drug-likeness (QED) is 0.636. The summed E-state index contributed by atoms with van der Waals surface area (Å²) in [5.41, 5.74) is 5.84. The third kappa shape index (κ3) is 1.96.